The Hall–Kier alpha value is -1.32. The molecule has 2 N–H and O–H groups in total. The standard InChI is InChI=1S/C13H23N3O/c1-5-6-7-8-17-13-10(4)11(14)15-12(16-13)9(2)3/h9H,5-8H2,1-4H3,(H2,14,15,16). The van der Waals surface area contributed by atoms with Crippen molar-refractivity contribution < 1.29 is 4.74 Å². The predicted molar refractivity (Wildman–Crippen MR) is 70.3 cm³/mol. The van der Waals surface area contributed by atoms with E-state index in [-0.39, 0.29) is 5.92 Å². The van der Waals surface area contributed by atoms with Crippen LogP contribution in [0.2, 0.25) is 0 Å². The predicted octanol–water partition coefficient (Wildman–Crippen LogP) is 3.06. The first-order valence-electron chi connectivity index (χ1n) is 6.33. The van der Waals surface area contributed by atoms with Gasteiger partial charge in [0.2, 0.25) is 5.88 Å². The Morgan fingerprint density at radius 1 is 1.24 bits per heavy atom. The Bertz CT molecular complexity index is 364. The molecule has 0 aliphatic rings. The van der Waals surface area contributed by atoms with Crippen LogP contribution in [0.3, 0.4) is 0 Å². The van der Waals surface area contributed by atoms with Crippen LogP contribution in [0.5, 0.6) is 5.88 Å². The second-order valence-electron chi connectivity index (χ2n) is 4.61. The molecular formula is C13H23N3O. The highest BCUT2D eigenvalue weighted by Gasteiger charge is 2.11. The van der Waals surface area contributed by atoms with E-state index in [2.05, 4.69) is 16.9 Å². The third-order valence-electron chi connectivity index (χ3n) is 2.66. The van der Waals surface area contributed by atoms with Crippen molar-refractivity contribution in [1.82, 2.24) is 9.97 Å². The Balaban J connectivity index is 2.75. The molecular weight excluding hydrogens is 214 g/mol. The largest absolute Gasteiger partial charge is 0.477 e. The zero-order chi connectivity index (χ0) is 12.8. The number of unbranched alkanes of at least 4 members (excludes halogenated alkanes) is 2. The number of ether oxygens (including phenoxy) is 1. The first-order chi connectivity index (χ1) is 8.06. The van der Waals surface area contributed by atoms with Gasteiger partial charge in [-0.25, -0.2) is 4.98 Å². The lowest BCUT2D eigenvalue weighted by Crippen LogP contribution is -2.08. The molecule has 0 radical (unpaired) electrons. The van der Waals surface area contributed by atoms with E-state index >= 15 is 0 Å². The van der Waals surface area contributed by atoms with Gasteiger partial charge < -0.3 is 10.5 Å². The van der Waals surface area contributed by atoms with E-state index in [0.29, 0.717) is 18.3 Å². The molecule has 17 heavy (non-hydrogen) atoms. The zero-order valence-corrected chi connectivity index (χ0v) is 11.3. The Morgan fingerprint density at radius 3 is 2.53 bits per heavy atom. The van der Waals surface area contributed by atoms with Crippen LogP contribution < -0.4 is 10.5 Å². The lowest BCUT2D eigenvalue weighted by Gasteiger charge is -2.12. The van der Waals surface area contributed by atoms with Crippen molar-refractivity contribution in [3.8, 4) is 5.88 Å². The molecule has 1 aromatic rings. The summed E-state index contributed by atoms with van der Waals surface area (Å²) in [6, 6.07) is 0. The minimum atomic E-state index is 0.260. The lowest BCUT2D eigenvalue weighted by atomic mass is 10.2. The molecule has 0 unspecified atom stereocenters. The van der Waals surface area contributed by atoms with E-state index in [1.54, 1.807) is 0 Å². The number of aromatic nitrogens is 2. The SMILES string of the molecule is CCCCCOc1nc(C(C)C)nc(N)c1C. The molecule has 0 saturated heterocycles. The average molecular weight is 237 g/mol. The maximum Gasteiger partial charge on any atom is 0.221 e. The number of nitrogen functional groups attached to an aromatic ring is 1. The summed E-state index contributed by atoms with van der Waals surface area (Å²) in [7, 11) is 0. The summed E-state index contributed by atoms with van der Waals surface area (Å²) in [5.41, 5.74) is 6.70. The first-order valence-corrected chi connectivity index (χ1v) is 6.33. The van der Waals surface area contributed by atoms with Gasteiger partial charge >= 0.3 is 0 Å². The highest BCUT2D eigenvalue weighted by atomic mass is 16.5. The molecule has 0 aromatic carbocycles. The minimum Gasteiger partial charge on any atom is -0.477 e. The van der Waals surface area contributed by atoms with Crippen molar-refractivity contribution in [3.05, 3.63) is 11.4 Å². The molecule has 0 spiro atoms. The lowest BCUT2D eigenvalue weighted by molar-refractivity contribution is 0.291. The molecule has 0 fully saturated rings. The van der Waals surface area contributed by atoms with Gasteiger partial charge in [0.25, 0.3) is 0 Å². The molecule has 96 valence electrons. The van der Waals surface area contributed by atoms with Gasteiger partial charge in [-0.05, 0) is 13.3 Å². The molecule has 0 aliphatic carbocycles. The fourth-order valence-electron chi connectivity index (χ4n) is 1.45. The van der Waals surface area contributed by atoms with Gasteiger partial charge in [0.1, 0.15) is 11.6 Å². The fraction of sp³-hybridized carbons (Fsp3) is 0.692. The Morgan fingerprint density at radius 2 is 1.94 bits per heavy atom. The minimum absolute atomic E-state index is 0.260. The summed E-state index contributed by atoms with van der Waals surface area (Å²) in [6.07, 6.45) is 3.42. The molecule has 4 heteroatoms. The third kappa shape index (κ3) is 3.88. The average Bonchev–Trinajstić information content (AvgIpc) is 2.29. The van der Waals surface area contributed by atoms with E-state index in [9.17, 15) is 0 Å². The molecule has 4 nitrogen and oxygen atoms in total. The monoisotopic (exact) mass is 237 g/mol. The number of anilines is 1. The zero-order valence-electron chi connectivity index (χ0n) is 11.3. The van der Waals surface area contributed by atoms with E-state index in [0.717, 1.165) is 17.8 Å². The molecule has 1 rings (SSSR count). The summed E-state index contributed by atoms with van der Waals surface area (Å²) in [4.78, 5) is 8.68. The number of nitrogens with zero attached hydrogens (tertiary/aromatic N) is 2. The number of rotatable bonds is 6. The quantitative estimate of drug-likeness (QED) is 0.772. The van der Waals surface area contributed by atoms with Crippen LogP contribution in [-0.4, -0.2) is 16.6 Å². The van der Waals surface area contributed by atoms with Crippen molar-refractivity contribution in [3.63, 3.8) is 0 Å². The van der Waals surface area contributed by atoms with Gasteiger partial charge in [0, 0.05) is 5.92 Å². The van der Waals surface area contributed by atoms with Crippen LogP contribution >= 0.6 is 0 Å². The third-order valence-corrected chi connectivity index (χ3v) is 2.66. The smallest absolute Gasteiger partial charge is 0.221 e. The summed E-state index contributed by atoms with van der Waals surface area (Å²) < 4.78 is 5.68. The molecule has 0 bridgehead atoms. The van der Waals surface area contributed by atoms with Gasteiger partial charge in [0.15, 0.2) is 0 Å². The summed E-state index contributed by atoms with van der Waals surface area (Å²) in [5, 5.41) is 0. The molecule has 0 aliphatic heterocycles. The Labute approximate surface area is 104 Å². The summed E-state index contributed by atoms with van der Waals surface area (Å²) in [6.45, 7) is 8.86. The van der Waals surface area contributed by atoms with E-state index in [1.807, 2.05) is 20.8 Å². The normalized spacial score (nSPS) is 10.9. The molecule has 0 amide bonds. The molecule has 1 heterocycles. The van der Waals surface area contributed by atoms with Gasteiger partial charge in [-0.1, -0.05) is 33.6 Å². The van der Waals surface area contributed by atoms with Gasteiger partial charge in [-0.3, -0.25) is 0 Å². The first kappa shape index (κ1) is 13.7. The second-order valence-corrected chi connectivity index (χ2v) is 4.61. The van der Waals surface area contributed by atoms with E-state index in [4.69, 9.17) is 10.5 Å². The van der Waals surface area contributed by atoms with E-state index < -0.39 is 0 Å². The number of hydrogen-bond acceptors (Lipinski definition) is 4. The fourth-order valence-corrected chi connectivity index (χ4v) is 1.45. The van der Waals surface area contributed by atoms with Crippen molar-refractivity contribution in [1.29, 1.82) is 0 Å². The van der Waals surface area contributed by atoms with Crippen LogP contribution in [0.25, 0.3) is 0 Å². The van der Waals surface area contributed by atoms with Gasteiger partial charge in [-0.2, -0.15) is 4.98 Å². The number of nitrogens with two attached hydrogens (primary N) is 1. The summed E-state index contributed by atoms with van der Waals surface area (Å²) >= 11 is 0. The molecule has 0 saturated carbocycles. The second kappa shape index (κ2) is 6.42. The van der Waals surface area contributed by atoms with Crippen LogP contribution in [0.4, 0.5) is 5.82 Å². The van der Waals surface area contributed by atoms with Crippen LogP contribution in [0, 0.1) is 6.92 Å². The number of hydrogen-bond donors (Lipinski definition) is 1. The Kier molecular flexibility index (Phi) is 5.19. The van der Waals surface area contributed by atoms with Crippen LogP contribution in [0.1, 0.15) is 57.3 Å². The van der Waals surface area contributed by atoms with Crippen molar-refractivity contribution in [2.24, 2.45) is 0 Å². The molecule has 0 atom stereocenters. The topological polar surface area (TPSA) is 61.0 Å². The van der Waals surface area contributed by atoms with Crippen LogP contribution in [-0.2, 0) is 0 Å². The van der Waals surface area contributed by atoms with Crippen molar-refractivity contribution in [2.75, 3.05) is 12.3 Å². The molecule has 1 aromatic heterocycles. The maximum atomic E-state index is 5.86. The van der Waals surface area contributed by atoms with Gasteiger partial charge in [0.05, 0.1) is 12.2 Å². The highest BCUT2D eigenvalue weighted by molar-refractivity contribution is 5.44. The summed E-state index contributed by atoms with van der Waals surface area (Å²) in [5.74, 6) is 2.17. The highest BCUT2D eigenvalue weighted by Crippen LogP contribution is 2.22. The maximum absolute atomic E-state index is 5.86. The van der Waals surface area contributed by atoms with Crippen molar-refractivity contribution >= 4 is 5.82 Å². The van der Waals surface area contributed by atoms with Gasteiger partial charge in [-0.15, -0.1) is 0 Å². The van der Waals surface area contributed by atoms with Crippen LogP contribution in [0.15, 0.2) is 0 Å². The van der Waals surface area contributed by atoms with Crippen molar-refractivity contribution in [2.45, 2.75) is 52.9 Å². The van der Waals surface area contributed by atoms with E-state index in [1.165, 1.54) is 12.8 Å².